The average Bonchev–Trinajstić information content (AvgIpc) is 3.22. The summed E-state index contributed by atoms with van der Waals surface area (Å²) in [6, 6.07) is 17.9. The molecular weight excluding hydrogens is 405 g/mol. The number of rotatable bonds is 7. The van der Waals surface area contributed by atoms with Crippen LogP contribution < -0.4 is 0 Å². The summed E-state index contributed by atoms with van der Waals surface area (Å²) >= 11 is 0. The molecule has 0 saturated carbocycles. The van der Waals surface area contributed by atoms with E-state index in [1.807, 2.05) is 55.5 Å². The molecule has 2 aromatic carbocycles. The molecule has 0 fully saturated rings. The van der Waals surface area contributed by atoms with Gasteiger partial charge in [-0.05, 0) is 55.7 Å². The van der Waals surface area contributed by atoms with E-state index in [0.29, 0.717) is 24.4 Å². The highest BCUT2D eigenvalue weighted by Crippen LogP contribution is 2.31. The van der Waals surface area contributed by atoms with Crippen LogP contribution in [0.3, 0.4) is 0 Å². The Morgan fingerprint density at radius 2 is 1.84 bits per heavy atom. The van der Waals surface area contributed by atoms with Gasteiger partial charge in [0, 0.05) is 11.8 Å². The van der Waals surface area contributed by atoms with Crippen molar-refractivity contribution in [1.82, 2.24) is 14.6 Å². The molecule has 2 aromatic heterocycles. The first kappa shape index (κ1) is 21.4. The predicted octanol–water partition coefficient (Wildman–Crippen LogP) is 5.10. The Morgan fingerprint density at radius 3 is 2.56 bits per heavy atom. The molecule has 1 unspecified atom stereocenters. The standard InChI is InChI=1S/C26H24FN3O2/c1-3-32-25(31)26(2,17-20-7-5-4-6-8-20)23-15-16-28-24-21(18-29-30(23)24)12-9-19-10-13-22(27)14-11-19/h4-16,18H,3,17H2,1-2H3/b12-9+. The number of aromatic nitrogens is 3. The predicted molar refractivity (Wildman–Crippen MR) is 122 cm³/mol. The van der Waals surface area contributed by atoms with Crippen LogP contribution in [0.2, 0.25) is 0 Å². The van der Waals surface area contributed by atoms with E-state index >= 15 is 0 Å². The first-order chi connectivity index (χ1) is 15.5. The third-order valence-corrected chi connectivity index (χ3v) is 5.45. The van der Waals surface area contributed by atoms with Crippen LogP contribution >= 0.6 is 0 Å². The van der Waals surface area contributed by atoms with Crippen LogP contribution in [-0.4, -0.2) is 27.2 Å². The number of ether oxygens (including phenoxy) is 1. The van der Waals surface area contributed by atoms with Gasteiger partial charge in [0.15, 0.2) is 5.65 Å². The first-order valence-corrected chi connectivity index (χ1v) is 10.5. The van der Waals surface area contributed by atoms with Crippen molar-refractivity contribution >= 4 is 23.8 Å². The molecule has 1 atom stereocenters. The van der Waals surface area contributed by atoms with Gasteiger partial charge in [0.1, 0.15) is 11.2 Å². The number of hydrogen-bond donors (Lipinski definition) is 0. The number of benzene rings is 2. The van der Waals surface area contributed by atoms with Crippen molar-refractivity contribution in [3.05, 3.63) is 101 Å². The van der Waals surface area contributed by atoms with Crippen molar-refractivity contribution in [1.29, 1.82) is 0 Å². The topological polar surface area (TPSA) is 56.5 Å². The maximum atomic E-state index is 13.2. The number of hydrogen-bond acceptors (Lipinski definition) is 4. The lowest BCUT2D eigenvalue weighted by molar-refractivity contribution is -0.149. The summed E-state index contributed by atoms with van der Waals surface area (Å²) in [5, 5.41) is 4.53. The van der Waals surface area contributed by atoms with Crippen LogP contribution in [-0.2, 0) is 21.4 Å². The van der Waals surface area contributed by atoms with Crippen LogP contribution in [0.1, 0.15) is 36.2 Å². The number of nitrogens with zero attached hydrogens (tertiary/aromatic N) is 3. The Morgan fingerprint density at radius 1 is 1.09 bits per heavy atom. The highest BCUT2D eigenvalue weighted by Gasteiger charge is 2.39. The van der Waals surface area contributed by atoms with Crippen LogP contribution in [0.25, 0.3) is 17.8 Å². The Balaban J connectivity index is 1.76. The van der Waals surface area contributed by atoms with Crippen molar-refractivity contribution < 1.29 is 13.9 Å². The van der Waals surface area contributed by atoms with E-state index in [2.05, 4.69) is 10.1 Å². The molecule has 0 amide bonds. The maximum absolute atomic E-state index is 13.2. The molecule has 5 nitrogen and oxygen atoms in total. The lowest BCUT2D eigenvalue weighted by Crippen LogP contribution is -2.38. The van der Waals surface area contributed by atoms with Gasteiger partial charge >= 0.3 is 5.97 Å². The first-order valence-electron chi connectivity index (χ1n) is 10.5. The second-order valence-electron chi connectivity index (χ2n) is 7.77. The third kappa shape index (κ3) is 4.30. The molecule has 0 N–H and O–H groups in total. The van der Waals surface area contributed by atoms with Crippen LogP contribution in [0.5, 0.6) is 0 Å². The van der Waals surface area contributed by atoms with Crippen molar-refractivity contribution in [2.45, 2.75) is 25.7 Å². The minimum absolute atomic E-state index is 0.277. The van der Waals surface area contributed by atoms with E-state index in [0.717, 1.165) is 16.7 Å². The van der Waals surface area contributed by atoms with E-state index in [1.54, 1.807) is 36.0 Å². The highest BCUT2D eigenvalue weighted by atomic mass is 19.1. The fourth-order valence-corrected chi connectivity index (χ4v) is 3.77. The Labute approximate surface area is 186 Å². The molecule has 0 aliphatic rings. The molecule has 2 heterocycles. The van der Waals surface area contributed by atoms with Gasteiger partial charge in [-0.3, -0.25) is 4.79 Å². The Bertz CT molecular complexity index is 1250. The smallest absolute Gasteiger partial charge is 0.318 e. The van der Waals surface area contributed by atoms with Gasteiger partial charge in [-0.25, -0.2) is 13.9 Å². The summed E-state index contributed by atoms with van der Waals surface area (Å²) in [4.78, 5) is 17.6. The molecule has 0 spiro atoms. The van der Waals surface area contributed by atoms with Crippen LogP contribution in [0.4, 0.5) is 4.39 Å². The molecule has 6 heteroatoms. The van der Waals surface area contributed by atoms with Gasteiger partial charge in [-0.1, -0.05) is 48.5 Å². The van der Waals surface area contributed by atoms with E-state index in [-0.39, 0.29) is 11.8 Å². The second kappa shape index (κ2) is 9.14. The molecule has 4 aromatic rings. The molecule has 162 valence electrons. The van der Waals surface area contributed by atoms with Crippen LogP contribution in [0.15, 0.2) is 73.1 Å². The Kier molecular flexibility index (Phi) is 6.12. The summed E-state index contributed by atoms with van der Waals surface area (Å²) in [6.07, 6.45) is 7.61. The number of esters is 1. The normalized spacial score (nSPS) is 13.3. The summed E-state index contributed by atoms with van der Waals surface area (Å²) in [7, 11) is 0. The van der Waals surface area contributed by atoms with Crippen molar-refractivity contribution in [3.63, 3.8) is 0 Å². The minimum Gasteiger partial charge on any atom is -0.465 e. The number of carbonyl (C=O) groups is 1. The van der Waals surface area contributed by atoms with E-state index in [4.69, 9.17) is 4.74 Å². The van der Waals surface area contributed by atoms with Crippen molar-refractivity contribution in [2.75, 3.05) is 6.61 Å². The van der Waals surface area contributed by atoms with Gasteiger partial charge in [-0.2, -0.15) is 5.10 Å². The molecule has 0 aliphatic carbocycles. The van der Waals surface area contributed by atoms with E-state index in [9.17, 15) is 9.18 Å². The number of halogens is 1. The van der Waals surface area contributed by atoms with Gasteiger partial charge in [-0.15, -0.1) is 0 Å². The van der Waals surface area contributed by atoms with Gasteiger partial charge in [0.25, 0.3) is 0 Å². The molecule has 0 saturated heterocycles. The Hall–Kier alpha value is -3.80. The molecule has 0 bridgehead atoms. The van der Waals surface area contributed by atoms with Gasteiger partial charge in [0.05, 0.1) is 18.5 Å². The largest absolute Gasteiger partial charge is 0.465 e. The molecule has 0 aliphatic heterocycles. The fourth-order valence-electron chi connectivity index (χ4n) is 3.77. The van der Waals surface area contributed by atoms with Gasteiger partial charge in [0.2, 0.25) is 0 Å². The van der Waals surface area contributed by atoms with E-state index in [1.165, 1.54) is 12.1 Å². The maximum Gasteiger partial charge on any atom is 0.318 e. The summed E-state index contributed by atoms with van der Waals surface area (Å²) in [5.41, 5.74) is 3.06. The fraction of sp³-hybridized carbons (Fsp3) is 0.192. The highest BCUT2D eigenvalue weighted by molar-refractivity contribution is 5.83. The lowest BCUT2D eigenvalue weighted by atomic mass is 9.80. The lowest BCUT2D eigenvalue weighted by Gasteiger charge is -2.28. The molecule has 4 rings (SSSR count). The monoisotopic (exact) mass is 429 g/mol. The summed E-state index contributed by atoms with van der Waals surface area (Å²) < 4.78 is 20.3. The zero-order chi connectivity index (χ0) is 22.6. The molecular formula is C26H24FN3O2. The summed E-state index contributed by atoms with van der Waals surface area (Å²) in [5.74, 6) is -0.587. The number of fused-ring (bicyclic) bond motifs is 1. The average molecular weight is 429 g/mol. The van der Waals surface area contributed by atoms with Crippen LogP contribution in [0, 0.1) is 5.82 Å². The number of carbonyl (C=O) groups excluding carboxylic acids is 1. The van der Waals surface area contributed by atoms with Gasteiger partial charge < -0.3 is 4.74 Å². The second-order valence-corrected chi connectivity index (χ2v) is 7.77. The van der Waals surface area contributed by atoms with Crippen molar-refractivity contribution in [2.24, 2.45) is 0 Å². The molecule has 0 radical (unpaired) electrons. The quantitative estimate of drug-likeness (QED) is 0.384. The summed E-state index contributed by atoms with van der Waals surface area (Å²) in [6.45, 7) is 3.97. The molecule has 32 heavy (non-hydrogen) atoms. The minimum atomic E-state index is -0.956. The SMILES string of the molecule is CCOC(=O)C(C)(Cc1ccccc1)c1ccnc2c(/C=C/c3ccc(F)cc3)cnn12. The third-order valence-electron chi connectivity index (χ3n) is 5.45. The van der Waals surface area contributed by atoms with Crippen molar-refractivity contribution in [3.8, 4) is 0 Å². The zero-order valence-electron chi connectivity index (χ0n) is 18.0. The zero-order valence-corrected chi connectivity index (χ0v) is 18.0. The van der Waals surface area contributed by atoms with E-state index < -0.39 is 5.41 Å².